The third-order valence-electron chi connectivity index (χ3n) is 5.73. The number of rotatable bonds is 6. The highest BCUT2D eigenvalue weighted by Crippen LogP contribution is 2.47. The molecule has 1 aliphatic rings. The number of carbonyl (C=O) groups is 2. The van der Waals surface area contributed by atoms with Crippen molar-refractivity contribution in [1.82, 2.24) is 14.9 Å². The summed E-state index contributed by atoms with van der Waals surface area (Å²) in [6.45, 7) is -0.0121. The van der Waals surface area contributed by atoms with Gasteiger partial charge in [0, 0.05) is 36.5 Å². The second-order valence-corrected chi connectivity index (χ2v) is 8.45. The van der Waals surface area contributed by atoms with E-state index in [1.165, 1.54) is 38.4 Å². The van der Waals surface area contributed by atoms with E-state index in [0.717, 1.165) is 11.1 Å². The van der Waals surface area contributed by atoms with Crippen LogP contribution in [0.1, 0.15) is 37.5 Å². The molecule has 3 aromatic rings. The van der Waals surface area contributed by atoms with E-state index in [2.05, 4.69) is 4.98 Å². The molecule has 1 atom stereocenters. The minimum atomic E-state index is -1.63. The predicted octanol–water partition coefficient (Wildman–Crippen LogP) is 4.66. The second kappa shape index (κ2) is 9.31. The van der Waals surface area contributed by atoms with Crippen LogP contribution in [0.5, 0.6) is 0 Å². The fourth-order valence-corrected chi connectivity index (χ4v) is 4.32. The number of halogens is 3. The van der Waals surface area contributed by atoms with E-state index < -0.39 is 23.4 Å². The van der Waals surface area contributed by atoms with E-state index in [9.17, 15) is 9.59 Å². The van der Waals surface area contributed by atoms with Gasteiger partial charge in [0.05, 0.1) is 35.5 Å². The molecule has 1 unspecified atom stereocenters. The number of amides is 2. The summed E-state index contributed by atoms with van der Waals surface area (Å²) in [5.74, 6) is -1.91. The molecule has 2 heterocycles. The van der Waals surface area contributed by atoms with Crippen LogP contribution in [0.25, 0.3) is 0 Å². The number of pyridine rings is 1. The van der Waals surface area contributed by atoms with E-state index in [1.54, 1.807) is 36.4 Å². The Bertz CT molecular complexity index is 1250. The lowest BCUT2D eigenvalue weighted by Crippen LogP contribution is -2.46. The highest BCUT2D eigenvalue weighted by molar-refractivity contribution is 6.30. The maximum atomic E-state index is 15.7. The quantitative estimate of drug-likeness (QED) is 0.457. The third-order valence-corrected chi connectivity index (χ3v) is 6.21. The molecule has 0 fully saturated rings. The number of aromatic nitrogens is 1. The molecule has 0 bridgehead atoms. The van der Waals surface area contributed by atoms with Crippen LogP contribution in [-0.2, 0) is 21.8 Å². The van der Waals surface area contributed by atoms with Gasteiger partial charge in [0.15, 0.2) is 5.72 Å². The SMILES string of the molecule is CON(C)C(=O)c1cc(F)c2c(c1)C(=O)N(Cc1ccc(Cl)cn1)C2(OC)c1ccc(Cl)cc1. The summed E-state index contributed by atoms with van der Waals surface area (Å²) in [4.78, 5) is 36.9. The molecule has 0 radical (unpaired) electrons. The number of hydroxylamine groups is 2. The van der Waals surface area contributed by atoms with Gasteiger partial charge in [0.2, 0.25) is 0 Å². The zero-order chi connectivity index (χ0) is 24.6. The largest absolute Gasteiger partial charge is 0.350 e. The van der Waals surface area contributed by atoms with E-state index in [0.29, 0.717) is 21.3 Å². The zero-order valence-electron chi connectivity index (χ0n) is 18.5. The summed E-state index contributed by atoms with van der Waals surface area (Å²) in [5.41, 5.74) is -0.686. The number of nitrogens with zero attached hydrogens (tertiary/aromatic N) is 3. The minimum absolute atomic E-state index is 0.00128. The predicted molar refractivity (Wildman–Crippen MR) is 124 cm³/mol. The molecule has 1 aromatic heterocycles. The number of ether oxygens (including phenoxy) is 1. The Morgan fingerprint density at radius 2 is 1.79 bits per heavy atom. The normalized spacial score (nSPS) is 17.1. The lowest BCUT2D eigenvalue weighted by molar-refractivity contribution is -0.0886. The van der Waals surface area contributed by atoms with Crippen LogP contribution in [0, 0.1) is 5.82 Å². The van der Waals surface area contributed by atoms with Gasteiger partial charge < -0.3 is 4.74 Å². The van der Waals surface area contributed by atoms with Crippen LogP contribution in [0.4, 0.5) is 4.39 Å². The molecule has 2 aromatic carbocycles. The molecule has 0 saturated carbocycles. The zero-order valence-corrected chi connectivity index (χ0v) is 20.0. The van der Waals surface area contributed by atoms with Gasteiger partial charge in [-0.25, -0.2) is 9.45 Å². The lowest BCUT2D eigenvalue weighted by atomic mass is 9.91. The molecule has 2 amide bonds. The molecule has 176 valence electrons. The van der Waals surface area contributed by atoms with Crippen LogP contribution in [0.15, 0.2) is 54.7 Å². The Morgan fingerprint density at radius 3 is 2.38 bits per heavy atom. The highest BCUT2D eigenvalue weighted by atomic mass is 35.5. The molecule has 7 nitrogen and oxygen atoms in total. The van der Waals surface area contributed by atoms with Gasteiger partial charge in [-0.2, -0.15) is 0 Å². The standard InChI is InChI=1S/C24H20Cl2FN3O4/c1-29(34-3)22(31)14-10-19-21(20(27)11-14)24(33-2,15-4-6-16(25)7-5-15)30(23(19)32)13-18-9-8-17(26)12-28-18/h4-12H,13H2,1-3H3. The van der Waals surface area contributed by atoms with Gasteiger partial charge in [-0.15, -0.1) is 0 Å². The van der Waals surface area contributed by atoms with Crippen LogP contribution >= 0.6 is 23.2 Å². The molecule has 10 heteroatoms. The van der Waals surface area contributed by atoms with Crippen molar-refractivity contribution in [3.05, 3.63) is 98.5 Å². The van der Waals surface area contributed by atoms with Gasteiger partial charge >= 0.3 is 0 Å². The molecule has 0 N–H and O–H groups in total. The van der Waals surface area contributed by atoms with Gasteiger partial charge in [-0.3, -0.25) is 24.3 Å². The summed E-state index contributed by atoms with van der Waals surface area (Å²) in [5, 5.41) is 1.85. The maximum Gasteiger partial charge on any atom is 0.277 e. The Morgan fingerprint density at radius 1 is 1.12 bits per heavy atom. The Kier molecular flexibility index (Phi) is 6.60. The number of fused-ring (bicyclic) bond motifs is 1. The number of methoxy groups -OCH3 is 1. The van der Waals surface area contributed by atoms with Gasteiger partial charge in [-0.05, 0) is 36.4 Å². The van der Waals surface area contributed by atoms with Crippen LogP contribution in [-0.4, -0.2) is 48.0 Å². The fraction of sp³-hybridized carbons (Fsp3) is 0.208. The number of hydrogen-bond acceptors (Lipinski definition) is 5. The van der Waals surface area contributed by atoms with E-state index in [4.69, 9.17) is 32.8 Å². The molecule has 4 rings (SSSR count). The van der Waals surface area contributed by atoms with E-state index in [1.807, 2.05) is 0 Å². The molecule has 1 aliphatic heterocycles. The molecule has 0 saturated heterocycles. The summed E-state index contributed by atoms with van der Waals surface area (Å²) < 4.78 is 21.7. The minimum Gasteiger partial charge on any atom is -0.350 e. The molecular formula is C24H20Cl2FN3O4. The van der Waals surface area contributed by atoms with Crippen molar-refractivity contribution in [3.8, 4) is 0 Å². The number of carbonyl (C=O) groups excluding carboxylic acids is 2. The first-order chi connectivity index (χ1) is 16.2. The monoisotopic (exact) mass is 503 g/mol. The first-order valence-corrected chi connectivity index (χ1v) is 10.9. The van der Waals surface area contributed by atoms with Crippen molar-refractivity contribution >= 4 is 35.0 Å². The van der Waals surface area contributed by atoms with Crippen molar-refractivity contribution < 1.29 is 23.6 Å². The van der Waals surface area contributed by atoms with Crippen LogP contribution < -0.4 is 0 Å². The van der Waals surface area contributed by atoms with Crippen molar-refractivity contribution in [3.63, 3.8) is 0 Å². The Hall–Kier alpha value is -3.04. The van der Waals surface area contributed by atoms with Gasteiger partial charge in [-0.1, -0.05) is 35.3 Å². The highest BCUT2D eigenvalue weighted by Gasteiger charge is 2.54. The summed E-state index contributed by atoms with van der Waals surface area (Å²) >= 11 is 12.0. The molecule has 0 spiro atoms. The Labute approximate surface area is 205 Å². The van der Waals surface area contributed by atoms with Gasteiger partial charge in [0.1, 0.15) is 5.82 Å². The van der Waals surface area contributed by atoms with Crippen molar-refractivity contribution in [2.75, 3.05) is 21.3 Å². The summed E-state index contributed by atoms with van der Waals surface area (Å²) in [7, 11) is 4.08. The lowest BCUT2D eigenvalue weighted by Gasteiger charge is -2.38. The second-order valence-electron chi connectivity index (χ2n) is 7.58. The molecule has 34 heavy (non-hydrogen) atoms. The first kappa shape index (κ1) is 24.1. The van der Waals surface area contributed by atoms with E-state index in [-0.39, 0.29) is 23.2 Å². The van der Waals surface area contributed by atoms with Crippen LogP contribution in [0.3, 0.4) is 0 Å². The van der Waals surface area contributed by atoms with Crippen molar-refractivity contribution in [2.45, 2.75) is 12.3 Å². The van der Waals surface area contributed by atoms with Crippen molar-refractivity contribution in [2.24, 2.45) is 0 Å². The van der Waals surface area contributed by atoms with Crippen molar-refractivity contribution in [1.29, 1.82) is 0 Å². The summed E-state index contributed by atoms with van der Waals surface area (Å²) in [6.07, 6.45) is 1.46. The summed E-state index contributed by atoms with van der Waals surface area (Å²) in [6, 6.07) is 12.3. The smallest absolute Gasteiger partial charge is 0.277 e. The molecule has 0 aliphatic carbocycles. The number of benzene rings is 2. The fourth-order valence-electron chi connectivity index (χ4n) is 4.08. The molecular weight excluding hydrogens is 484 g/mol. The number of hydrogen-bond donors (Lipinski definition) is 0. The maximum absolute atomic E-state index is 15.7. The topological polar surface area (TPSA) is 72.0 Å². The first-order valence-electron chi connectivity index (χ1n) is 10.1. The average molecular weight is 504 g/mol. The van der Waals surface area contributed by atoms with E-state index >= 15 is 4.39 Å². The van der Waals surface area contributed by atoms with Crippen LogP contribution in [0.2, 0.25) is 10.0 Å². The Balaban J connectivity index is 1.93. The van der Waals surface area contributed by atoms with Gasteiger partial charge in [0.25, 0.3) is 11.8 Å². The average Bonchev–Trinajstić information content (AvgIpc) is 3.08. The third kappa shape index (κ3) is 3.92.